The molecule has 2 amide bonds. The minimum absolute atomic E-state index is 0.185. The third kappa shape index (κ3) is 1.91. The summed E-state index contributed by atoms with van der Waals surface area (Å²) in [4.78, 5) is 15.4. The van der Waals surface area contributed by atoms with Gasteiger partial charge in [-0.05, 0) is 13.8 Å². The minimum Gasteiger partial charge on any atom is -0.322 e. The molecule has 0 aromatic rings. The van der Waals surface area contributed by atoms with Gasteiger partial charge in [-0.2, -0.15) is 0 Å². The van der Waals surface area contributed by atoms with Crippen LogP contribution in [0.2, 0.25) is 0 Å². The largest absolute Gasteiger partial charge is 0.322 e. The van der Waals surface area contributed by atoms with E-state index in [9.17, 15) is 4.79 Å². The lowest BCUT2D eigenvalue weighted by atomic mass is 10.3. The SMILES string of the molecule is CC(C)N1CCN(CCBr)C1=O. The number of halogens is 1. The van der Waals surface area contributed by atoms with Gasteiger partial charge in [0.05, 0.1) is 0 Å². The molecule has 1 aliphatic heterocycles. The van der Waals surface area contributed by atoms with Crippen LogP contribution in [-0.2, 0) is 0 Å². The fourth-order valence-corrected chi connectivity index (χ4v) is 1.82. The van der Waals surface area contributed by atoms with Crippen LogP contribution in [0.1, 0.15) is 13.8 Å². The number of carbonyl (C=O) groups excluding carboxylic acids is 1. The van der Waals surface area contributed by atoms with E-state index in [0.29, 0.717) is 6.04 Å². The van der Waals surface area contributed by atoms with Gasteiger partial charge >= 0.3 is 6.03 Å². The van der Waals surface area contributed by atoms with E-state index in [-0.39, 0.29) is 6.03 Å². The molecule has 0 saturated carbocycles. The fraction of sp³-hybridized carbons (Fsp3) is 0.875. The summed E-state index contributed by atoms with van der Waals surface area (Å²) in [5.74, 6) is 0. The summed E-state index contributed by atoms with van der Waals surface area (Å²) in [6.07, 6.45) is 0. The van der Waals surface area contributed by atoms with Crippen LogP contribution in [-0.4, -0.2) is 46.8 Å². The Balaban J connectivity index is 2.49. The van der Waals surface area contributed by atoms with Crippen LogP contribution < -0.4 is 0 Å². The predicted molar refractivity (Wildman–Crippen MR) is 52.6 cm³/mol. The summed E-state index contributed by atoms with van der Waals surface area (Å²) in [5.41, 5.74) is 0. The number of amides is 2. The van der Waals surface area contributed by atoms with Crippen LogP contribution in [0.15, 0.2) is 0 Å². The normalized spacial score (nSPS) is 18.2. The highest BCUT2D eigenvalue weighted by molar-refractivity contribution is 9.09. The van der Waals surface area contributed by atoms with E-state index in [0.717, 1.165) is 25.0 Å². The standard InChI is InChI=1S/C8H15BrN2O/c1-7(2)11-6-5-10(4-3-9)8(11)12/h7H,3-6H2,1-2H3. The lowest BCUT2D eigenvalue weighted by molar-refractivity contribution is 0.185. The van der Waals surface area contributed by atoms with Crippen molar-refractivity contribution >= 4 is 22.0 Å². The van der Waals surface area contributed by atoms with E-state index >= 15 is 0 Å². The molecular formula is C8H15BrN2O. The van der Waals surface area contributed by atoms with Gasteiger partial charge in [-0.15, -0.1) is 0 Å². The predicted octanol–water partition coefficient (Wildman–Crippen LogP) is 1.53. The highest BCUT2D eigenvalue weighted by atomic mass is 79.9. The summed E-state index contributed by atoms with van der Waals surface area (Å²) in [6, 6.07) is 0.516. The number of rotatable bonds is 3. The number of carbonyl (C=O) groups is 1. The van der Waals surface area contributed by atoms with Gasteiger partial charge in [0.1, 0.15) is 0 Å². The van der Waals surface area contributed by atoms with Gasteiger partial charge in [0.2, 0.25) is 0 Å². The molecule has 0 unspecified atom stereocenters. The molecule has 1 rings (SSSR count). The molecule has 0 N–H and O–H groups in total. The van der Waals surface area contributed by atoms with E-state index in [2.05, 4.69) is 29.8 Å². The van der Waals surface area contributed by atoms with Crippen molar-refractivity contribution in [1.29, 1.82) is 0 Å². The van der Waals surface area contributed by atoms with E-state index in [1.54, 1.807) is 0 Å². The second kappa shape index (κ2) is 4.12. The molecule has 0 aliphatic carbocycles. The molecule has 0 aromatic heterocycles. The van der Waals surface area contributed by atoms with Gasteiger partial charge in [0, 0.05) is 31.0 Å². The summed E-state index contributed by atoms with van der Waals surface area (Å²) >= 11 is 3.33. The van der Waals surface area contributed by atoms with Crippen molar-refractivity contribution < 1.29 is 4.79 Å². The third-order valence-electron chi connectivity index (χ3n) is 2.10. The van der Waals surface area contributed by atoms with Crippen LogP contribution in [0.25, 0.3) is 0 Å². The highest BCUT2D eigenvalue weighted by Gasteiger charge is 2.28. The fourth-order valence-electron chi connectivity index (χ4n) is 1.39. The van der Waals surface area contributed by atoms with Crippen molar-refractivity contribution in [3.8, 4) is 0 Å². The van der Waals surface area contributed by atoms with Crippen molar-refractivity contribution in [3.05, 3.63) is 0 Å². The Morgan fingerprint density at radius 1 is 1.50 bits per heavy atom. The molecule has 0 spiro atoms. The number of nitrogens with zero attached hydrogens (tertiary/aromatic N) is 2. The number of urea groups is 1. The Morgan fingerprint density at radius 3 is 2.58 bits per heavy atom. The zero-order valence-corrected chi connectivity index (χ0v) is 9.17. The molecule has 1 heterocycles. The van der Waals surface area contributed by atoms with Gasteiger partial charge in [0.25, 0.3) is 0 Å². The molecule has 1 aliphatic rings. The summed E-state index contributed by atoms with van der Waals surface area (Å²) in [6.45, 7) is 6.68. The van der Waals surface area contributed by atoms with Gasteiger partial charge < -0.3 is 9.80 Å². The van der Waals surface area contributed by atoms with Gasteiger partial charge in [-0.3, -0.25) is 0 Å². The maximum Gasteiger partial charge on any atom is 0.320 e. The van der Waals surface area contributed by atoms with Gasteiger partial charge in [-0.25, -0.2) is 4.79 Å². The average molecular weight is 235 g/mol. The first-order valence-electron chi connectivity index (χ1n) is 4.28. The van der Waals surface area contributed by atoms with Crippen molar-refractivity contribution in [1.82, 2.24) is 9.80 Å². The monoisotopic (exact) mass is 234 g/mol. The second-order valence-electron chi connectivity index (χ2n) is 3.25. The summed E-state index contributed by atoms with van der Waals surface area (Å²) in [7, 11) is 0. The van der Waals surface area contributed by atoms with Crippen LogP contribution in [0.5, 0.6) is 0 Å². The molecule has 0 bridgehead atoms. The molecule has 70 valence electrons. The van der Waals surface area contributed by atoms with E-state index in [4.69, 9.17) is 0 Å². The summed E-state index contributed by atoms with van der Waals surface area (Å²) in [5, 5.41) is 0.866. The first-order chi connectivity index (χ1) is 5.66. The molecule has 3 nitrogen and oxygen atoms in total. The van der Waals surface area contributed by atoms with Crippen LogP contribution in [0, 0.1) is 0 Å². The molecule has 12 heavy (non-hydrogen) atoms. The highest BCUT2D eigenvalue weighted by Crippen LogP contribution is 2.11. The smallest absolute Gasteiger partial charge is 0.320 e. The molecule has 4 heteroatoms. The van der Waals surface area contributed by atoms with Crippen LogP contribution in [0.3, 0.4) is 0 Å². The number of hydrogen-bond acceptors (Lipinski definition) is 1. The molecule has 0 atom stereocenters. The molecule has 0 radical (unpaired) electrons. The van der Waals surface area contributed by atoms with E-state index < -0.39 is 0 Å². The molecule has 1 fully saturated rings. The first kappa shape index (κ1) is 9.84. The lowest BCUT2D eigenvalue weighted by Gasteiger charge is -2.21. The topological polar surface area (TPSA) is 23.6 Å². The molecule has 1 saturated heterocycles. The van der Waals surface area contributed by atoms with Crippen LogP contribution >= 0.6 is 15.9 Å². The maximum atomic E-state index is 11.6. The quantitative estimate of drug-likeness (QED) is 0.680. The number of alkyl halides is 1. The number of hydrogen-bond donors (Lipinski definition) is 0. The minimum atomic E-state index is 0.185. The van der Waals surface area contributed by atoms with Crippen molar-refractivity contribution in [2.75, 3.05) is 25.0 Å². The molecular weight excluding hydrogens is 220 g/mol. The Morgan fingerprint density at radius 2 is 2.17 bits per heavy atom. The van der Waals surface area contributed by atoms with E-state index in [1.165, 1.54) is 0 Å². The zero-order valence-electron chi connectivity index (χ0n) is 7.59. The maximum absolute atomic E-state index is 11.6. The molecule has 0 aromatic carbocycles. The Bertz CT molecular complexity index is 172. The Labute approximate surface area is 81.8 Å². The van der Waals surface area contributed by atoms with Crippen molar-refractivity contribution in [2.45, 2.75) is 19.9 Å². The third-order valence-corrected chi connectivity index (χ3v) is 2.46. The van der Waals surface area contributed by atoms with Gasteiger partial charge in [-0.1, -0.05) is 15.9 Å². The first-order valence-corrected chi connectivity index (χ1v) is 5.40. The lowest BCUT2D eigenvalue weighted by Crippen LogP contribution is -2.36. The van der Waals surface area contributed by atoms with Gasteiger partial charge in [0.15, 0.2) is 0 Å². The second-order valence-corrected chi connectivity index (χ2v) is 4.04. The average Bonchev–Trinajstić information content (AvgIpc) is 2.34. The van der Waals surface area contributed by atoms with Crippen molar-refractivity contribution in [2.24, 2.45) is 0 Å². The summed E-state index contributed by atoms with van der Waals surface area (Å²) < 4.78 is 0. The van der Waals surface area contributed by atoms with Crippen molar-refractivity contribution in [3.63, 3.8) is 0 Å². The zero-order chi connectivity index (χ0) is 9.14. The Hall–Kier alpha value is -0.250. The van der Waals surface area contributed by atoms with E-state index in [1.807, 2.05) is 9.80 Å². The van der Waals surface area contributed by atoms with Crippen LogP contribution in [0.4, 0.5) is 4.79 Å². The Kier molecular flexibility index (Phi) is 3.38.